The summed E-state index contributed by atoms with van der Waals surface area (Å²) in [7, 11) is 0. The number of benzene rings is 1. The number of aliphatic hydroxyl groups excluding tert-OH is 1. The van der Waals surface area contributed by atoms with Gasteiger partial charge in [0.25, 0.3) is 0 Å². The maximum absolute atomic E-state index is 13.0. The first-order valence-electron chi connectivity index (χ1n) is 5.30. The lowest BCUT2D eigenvalue weighted by Gasteiger charge is -2.21. The van der Waals surface area contributed by atoms with Crippen LogP contribution in [0.3, 0.4) is 0 Å². The van der Waals surface area contributed by atoms with Crippen molar-refractivity contribution in [1.29, 1.82) is 0 Å². The molecule has 15 heavy (non-hydrogen) atoms. The van der Waals surface area contributed by atoms with Gasteiger partial charge in [0.1, 0.15) is 5.82 Å². The summed E-state index contributed by atoms with van der Waals surface area (Å²) in [6.07, 6.45) is 0. The lowest BCUT2D eigenvalue weighted by Crippen LogP contribution is -2.27. The average Bonchev–Trinajstić information content (AvgIpc) is 2.54. The van der Waals surface area contributed by atoms with Crippen molar-refractivity contribution in [3.8, 4) is 0 Å². The highest BCUT2D eigenvalue weighted by molar-refractivity contribution is 5.59. The van der Waals surface area contributed by atoms with Crippen LogP contribution in [0.25, 0.3) is 0 Å². The number of hydrogen-bond acceptors (Lipinski definition) is 2. The second kappa shape index (κ2) is 3.81. The zero-order valence-electron chi connectivity index (χ0n) is 9.00. The molecule has 0 aromatic heterocycles. The van der Waals surface area contributed by atoms with E-state index in [9.17, 15) is 9.50 Å². The number of hydrogen-bond donors (Lipinski definition) is 2. The van der Waals surface area contributed by atoms with Crippen molar-refractivity contribution < 1.29 is 9.50 Å². The molecular formula is C12H16FNO. The van der Waals surface area contributed by atoms with E-state index in [2.05, 4.69) is 19.2 Å². The molecule has 2 N–H and O–H groups in total. The quantitative estimate of drug-likeness (QED) is 0.783. The van der Waals surface area contributed by atoms with Crippen LogP contribution < -0.4 is 5.32 Å². The molecule has 2 atom stereocenters. The van der Waals surface area contributed by atoms with Crippen molar-refractivity contribution in [2.45, 2.75) is 25.8 Å². The topological polar surface area (TPSA) is 32.3 Å². The monoisotopic (exact) mass is 209 g/mol. The molecule has 0 bridgehead atoms. The average molecular weight is 209 g/mol. The zero-order valence-corrected chi connectivity index (χ0v) is 9.00. The fourth-order valence-corrected chi connectivity index (χ4v) is 2.43. The zero-order chi connectivity index (χ0) is 11.0. The number of aliphatic hydroxyl groups is 1. The summed E-state index contributed by atoms with van der Waals surface area (Å²) in [6.45, 7) is 4.32. The third-order valence-electron chi connectivity index (χ3n) is 3.06. The predicted octanol–water partition coefficient (Wildman–Crippen LogP) is 2.35. The molecule has 1 aliphatic rings. The summed E-state index contributed by atoms with van der Waals surface area (Å²) in [5, 5.41) is 12.4. The number of fused-ring (bicyclic) bond motifs is 1. The van der Waals surface area contributed by atoms with Crippen molar-refractivity contribution in [2.75, 3.05) is 11.9 Å². The van der Waals surface area contributed by atoms with Gasteiger partial charge in [0.05, 0.1) is 12.6 Å². The van der Waals surface area contributed by atoms with Crippen molar-refractivity contribution in [2.24, 2.45) is 5.92 Å². The Labute approximate surface area is 89.1 Å². The SMILES string of the molecule is CC(C)C1c2ccc(F)cc2NC1CO. The van der Waals surface area contributed by atoms with Gasteiger partial charge >= 0.3 is 0 Å². The molecule has 2 rings (SSSR count). The number of halogens is 1. The molecule has 82 valence electrons. The standard InChI is InChI=1S/C12H16FNO/c1-7(2)12-9-4-3-8(13)5-10(9)14-11(12)6-15/h3-5,7,11-12,14-15H,6H2,1-2H3. The smallest absolute Gasteiger partial charge is 0.125 e. The van der Waals surface area contributed by atoms with Gasteiger partial charge in [-0.05, 0) is 23.6 Å². The lowest BCUT2D eigenvalue weighted by atomic mass is 9.85. The van der Waals surface area contributed by atoms with Gasteiger partial charge in [0.2, 0.25) is 0 Å². The van der Waals surface area contributed by atoms with E-state index in [0.29, 0.717) is 5.92 Å². The molecule has 0 saturated carbocycles. The second-order valence-electron chi connectivity index (χ2n) is 4.43. The van der Waals surface area contributed by atoms with E-state index in [1.807, 2.05) is 6.07 Å². The van der Waals surface area contributed by atoms with E-state index in [-0.39, 0.29) is 24.4 Å². The van der Waals surface area contributed by atoms with E-state index in [0.717, 1.165) is 11.3 Å². The molecule has 0 spiro atoms. The molecule has 0 aliphatic carbocycles. The van der Waals surface area contributed by atoms with Crippen LogP contribution in [0.4, 0.5) is 10.1 Å². The van der Waals surface area contributed by atoms with Gasteiger partial charge in [-0.25, -0.2) is 4.39 Å². The van der Waals surface area contributed by atoms with Crippen LogP contribution in [-0.2, 0) is 0 Å². The van der Waals surface area contributed by atoms with Gasteiger partial charge in [-0.1, -0.05) is 19.9 Å². The predicted molar refractivity (Wildman–Crippen MR) is 58.5 cm³/mol. The molecule has 1 heterocycles. The summed E-state index contributed by atoms with van der Waals surface area (Å²) >= 11 is 0. The fraction of sp³-hybridized carbons (Fsp3) is 0.500. The van der Waals surface area contributed by atoms with Crippen LogP contribution in [0.15, 0.2) is 18.2 Å². The Hall–Kier alpha value is -1.09. The van der Waals surface area contributed by atoms with E-state index in [1.54, 1.807) is 0 Å². The summed E-state index contributed by atoms with van der Waals surface area (Å²) in [6, 6.07) is 4.82. The number of anilines is 1. The van der Waals surface area contributed by atoms with E-state index in [4.69, 9.17) is 0 Å². The van der Waals surface area contributed by atoms with Crippen molar-refractivity contribution in [3.05, 3.63) is 29.6 Å². The summed E-state index contributed by atoms with van der Waals surface area (Å²) in [5.74, 6) is 0.467. The normalized spacial score (nSPS) is 24.1. The van der Waals surface area contributed by atoms with Crippen LogP contribution in [0.1, 0.15) is 25.3 Å². The van der Waals surface area contributed by atoms with Crippen molar-refractivity contribution in [3.63, 3.8) is 0 Å². The van der Waals surface area contributed by atoms with Gasteiger partial charge in [0.15, 0.2) is 0 Å². The molecule has 1 aliphatic heterocycles. The maximum Gasteiger partial charge on any atom is 0.125 e. The molecule has 1 aromatic rings. The minimum Gasteiger partial charge on any atom is -0.394 e. The highest BCUT2D eigenvalue weighted by Gasteiger charge is 2.33. The first kappa shape index (κ1) is 10.4. The molecule has 0 fully saturated rings. The van der Waals surface area contributed by atoms with Crippen LogP contribution >= 0.6 is 0 Å². The fourth-order valence-electron chi connectivity index (χ4n) is 2.43. The Morgan fingerprint density at radius 2 is 2.20 bits per heavy atom. The molecule has 2 unspecified atom stereocenters. The molecule has 0 amide bonds. The third kappa shape index (κ3) is 1.72. The Morgan fingerprint density at radius 3 is 2.80 bits per heavy atom. The third-order valence-corrected chi connectivity index (χ3v) is 3.06. The number of nitrogens with one attached hydrogen (secondary N) is 1. The lowest BCUT2D eigenvalue weighted by molar-refractivity contribution is 0.249. The molecule has 2 nitrogen and oxygen atoms in total. The molecule has 3 heteroatoms. The summed E-state index contributed by atoms with van der Waals surface area (Å²) in [5.41, 5.74) is 1.94. The van der Waals surface area contributed by atoms with Crippen LogP contribution in [0.2, 0.25) is 0 Å². The Bertz CT molecular complexity index is 365. The first-order chi connectivity index (χ1) is 7.13. The Morgan fingerprint density at radius 1 is 1.47 bits per heavy atom. The molecule has 1 aromatic carbocycles. The van der Waals surface area contributed by atoms with Crippen LogP contribution in [0, 0.1) is 11.7 Å². The first-order valence-corrected chi connectivity index (χ1v) is 5.30. The maximum atomic E-state index is 13.0. The number of rotatable bonds is 2. The van der Waals surface area contributed by atoms with Gasteiger partial charge in [0, 0.05) is 11.6 Å². The van der Waals surface area contributed by atoms with Crippen LogP contribution in [0.5, 0.6) is 0 Å². The van der Waals surface area contributed by atoms with E-state index in [1.165, 1.54) is 12.1 Å². The van der Waals surface area contributed by atoms with E-state index >= 15 is 0 Å². The highest BCUT2D eigenvalue weighted by atomic mass is 19.1. The van der Waals surface area contributed by atoms with E-state index < -0.39 is 0 Å². The Kier molecular flexibility index (Phi) is 2.65. The Balaban J connectivity index is 2.40. The largest absolute Gasteiger partial charge is 0.394 e. The van der Waals surface area contributed by atoms with Gasteiger partial charge in [-0.15, -0.1) is 0 Å². The second-order valence-corrected chi connectivity index (χ2v) is 4.43. The van der Waals surface area contributed by atoms with Crippen molar-refractivity contribution in [1.82, 2.24) is 0 Å². The van der Waals surface area contributed by atoms with Gasteiger partial charge in [-0.3, -0.25) is 0 Å². The molecule has 0 radical (unpaired) electrons. The summed E-state index contributed by atoms with van der Waals surface area (Å²) < 4.78 is 13.0. The minimum absolute atomic E-state index is 0.0156. The minimum atomic E-state index is -0.234. The van der Waals surface area contributed by atoms with Crippen molar-refractivity contribution >= 4 is 5.69 Å². The van der Waals surface area contributed by atoms with Crippen LogP contribution in [-0.4, -0.2) is 17.8 Å². The molecular weight excluding hydrogens is 193 g/mol. The van der Waals surface area contributed by atoms with Gasteiger partial charge < -0.3 is 10.4 Å². The summed E-state index contributed by atoms with van der Waals surface area (Å²) in [4.78, 5) is 0. The molecule has 0 saturated heterocycles. The van der Waals surface area contributed by atoms with Gasteiger partial charge in [-0.2, -0.15) is 0 Å². The highest BCUT2D eigenvalue weighted by Crippen LogP contribution is 2.40.